The molecule has 1 aliphatic heterocycles. The molecule has 2 atom stereocenters. The zero-order valence-electron chi connectivity index (χ0n) is 11.7. The van der Waals surface area contributed by atoms with Gasteiger partial charge < -0.3 is 10.0 Å². The average molecular weight is 259 g/mol. The molecule has 2 heteroatoms. The van der Waals surface area contributed by atoms with E-state index in [1.165, 1.54) is 24.8 Å². The SMILES string of the molecule is OC12CCCCC1CN(CCc1ccccc1)CC2. The van der Waals surface area contributed by atoms with Crippen LogP contribution in [0.5, 0.6) is 0 Å². The molecule has 0 radical (unpaired) electrons. The van der Waals surface area contributed by atoms with E-state index >= 15 is 0 Å². The van der Waals surface area contributed by atoms with Crippen molar-refractivity contribution in [3.63, 3.8) is 0 Å². The summed E-state index contributed by atoms with van der Waals surface area (Å²) in [6.45, 7) is 3.31. The van der Waals surface area contributed by atoms with Crippen LogP contribution in [0.15, 0.2) is 30.3 Å². The highest BCUT2D eigenvalue weighted by molar-refractivity contribution is 5.15. The molecule has 0 bridgehead atoms. The van der Waals surface area contributed by atoms with Gasteiger partial charge in [-0.05, 0) is 31.2 Å². The van der Waals surface area contributed by atoms with Crippen LogP contribution in [0.3, 0.4) is 0 Å². The number of fused-ring (bicyclic) bond motifs is 1. The molecule has 104 valence electrons. The third-order valence-electron chi connectivity index (χ3n) is 5.07. The summed E-state index contributed by atoms with van der Waals surface area (Å²) in [6, 6.07) is 10.7. The Kier molecular flexibility index (Phi) is 3.90. The van der Waals surface area contributed by atoms with Crippen LogP contribution in [0.1, 0.15) is 37.7 Å². The van der Waals surface area contributed by atoms with Gasteiger partial charge in [0.25, 0.3) is 0 Å². The third kappa shape index (κ3) is 3.01. The van der Waals surface area contributed by atoms with Crippen molar-refractivity contribution in [2.24, 2.45) is 5.92 Å². The fourth-order valence-electron chi connectivity index (χ4n) is 3.77. The van der Waals surface area contributed by atoms with Gasteiger partial charge in [-0.1, -0.05) is 43.2 Å². The average Bonchev–Trinajstić information content (AvgIpc) is 2.46. The molecule has 0 aromatic heterocycles. The minimum absolute atomic E-state index is 0.332. The van der Waals surface area contributed by atoms with Crippen LogP contribution in [0, 0.1) is 5.92 Å². The van der Waals surface area contributed by atoms with Crippen molar-refractivity contribution in [2.45, 2.75) is 44.1 Å². The number of nitrogens with zero attached hydrogens (tertiary/aromatic N) is 1. The van der Waals surface area contributed by atoms with Gasteiger partial charge in [0.1, 0.15) is 0 Å². The number of piperidine rings is 1. The van der Waals surface area contributed by atoms with E-state index in [2.05, 4.69) is 35.2 Å². The van der Waals surface area contributed by atoms with Crippen LogP contribution in [0.2, 0.25) is 0 Å². The fourth-order valence-corrected chi connectivity index (χ4v) is 3.77. The van der Waals surface area contributed by atoms with Crippen molar-refractivity contribution >= 4 is 0 Å². The van der Waals surface area contributed by atoms with Gasteiger partial charge in [0.2, 0.25) is 0 Å². The second-order valence-electron chi connectivity index (χ2n) is 6.33. The molecular formula is C17H25NO. The molecule has 0 spiro atoms. The van der Waals surface area contributed by atoms with Crippen LogP contribution >= 0.6 is 0 Å². The zero-order chi connectivity index (χ0) is 13.1. The van der Waals surface area contributed by atoms with Gasteiger partial charge in [-0.3, -0.25) is 0 Å². The van der Waals surface area contributed by atoms with Gasteiger partial charge in [0, 0.05) is 25.6 Å². The summed E-state index contributed by atoms with van der Waals surface area (Å²) in [5.41, 5.74) is 1.09. The largest absolute Gasteiger partial charge is 0.390 e. The molecular weight excluding hydrogens is 234 g/mol. The highest BCUT2D eigenvalue weighted by atomic mass is 16.3. The first-order chi connectivity index (χ1) is 9.26. The highest BCUT2D eigenvalue weighted by Crippen LogP contribution is 2.39. The molecule has 3 rings (SSSR count). The summed E-state index contributed by atoms with van der Waals surface area (Å²) in [5, 5.41) is 10.7. The maximum atomic E-state index is 10.7. The lowest BCUT2D eigenvalue weighted by atomic mass is 9.71. The van der Waals surface area contributed by atoms with Gasteiger partial charge in [0.15, 0.2) is 0 Å². The quantitative estimate of drug-likeness (QED) is 0.902. The Balaban J connectivity index is 1.54. The zero-order valence-corrected chi connectivity index (χ0v) is 11.7. The van der Waals surface area contributed by atoms with Crippen molar-refractivity contribution in [1.29, 1.82) is 0 Å². The molecule has 2 aliphatic rings. The van der Waals surface area contributed by atoms with Crippen molar-refractivity contribution in [2.75, 3.05) is 19.6 Å². The predicted octanol–water partition coefficient (Wildman–Crippen LogP) is 2.86. The summed E-state index contributed by atoms with van der Waals surface area (Å²) in [4.78, 5) is 2.55. The van der Waals surface area contributed by atoms with Gasteiger partial charge in [0.05, 0.1) is 5.60 Å². The van der Waals surface area contributed by atoms with E-state index in [-0.39, 0.29) is 5.60 Å². The molecule has 1 aliphatic carbocycles. The van der Waals surface area contributed by atoms with Crippen LogP contribution in [0.4, 0.5) is 0 Å². The second kappa shape index (κ2) is 5.64. The molecule has 1 aromatic carbocycles. The van der Waals surface area contributed by atoms with E-state index in [1.807, 2.05) is 0 Å². The molecule has 2 fully saturated rings. The van der Waals surface area contributed by atoms with E-state index in [0.717, 1.165) is 38.9 Å². The first-order valence-electron chi connectivity index (χ1n) is 7.75. The monoisotopic (exact) mass is 259 g/mol. The van der Waals surface area contributed by atoms with E-state index in [0.29, 0.717) is 5.92 Å². The highest BCUT2D eigenvalue weighted by Gasteiger charge is 2.42. The number of likely N-dealkylation sites (tertiary alicyclic amines) is 1. The Morgan fingerprint density at radius 3 is 2.84 bits per heavy atom. The molecule has 0 amide bonds. The summed E-state index contributed by atoms with van der Waals surface area (Å²) in [7, 11) is 0. The smallest absolute Gasteiger partial charge is 0.0700 e. The van der Waals surface area contributed by atoms with Crippen LogP contribution in [-0.4, -0.2) is 35.2 Å². The summed E-state index contributed by atoms with van der Waals surface area (Å²) < 4.78 is 0. The second-order valence-corrected chi connectivity index (χ2v) is 6.33. The number of hydrogen-bond acceptors (Lipinski definition) is 2. The lowest BCUT2D eigenvalue weighted by Crippen LogP contribution is -2.53. The topological polar surface area (TPSA) is 23.5 Å². The number of rotatable bonds is 3. The summed E-state index contributed by atoms with van der Waals surface area (Å²) in [5.74, 6) is 0.519. The van der Waals surface area contributed by atoms with E-state index in [9.17, 15) is 5.11 Å². The first kappa shape index (κ1) is 13.1. The van der Waals surface area contributed by atoms with Crippen molar-refractivity contribution < 1.29 is 5.11 Å². The summed E-state index contributed by atoms with van der Waals surface area (Å²) in [6.07, 6.45) is 6.89. The molecule has 1 heterocycles. The van der Waals surface area contributed by atoms with E-state index in [4.69, 9.17) is 0 Å². The lowest BCUT2D eigenvalue weighted by Gasteiger charge is -2.47. The molecule has 1 N–H and O–H groups in total. The summed E-state index contributed by atoms with van der Waals surface area (Å²) >= 11 is 0. The lowest BCUT2D eigenvalue weighted by molar-refractivity contribution is -0.0950. The maximum absolute atomic E-state index is 10.7. The Labute approximate surface area is 116 Å². The van der Waals surface area contributed by atoms with Gasteiger partial charge in [-0.25, -0.2) is 0 Å². The maximum Gasteiger partial charge on any atom is 0.0700 e. The first-order valence-corrected chi connectivity index (χ1v) is 7.75. The van der Waals surface area contributed by atoms with E-state index in [1.54, 1.807) is 0 Å². The molecule has 1 saturated carbocycles. The van der Waals surface area contributed by atoms with Crippen molar-refractivity contribution in [3.8, 4) is 0 Å². The number of benzene rings is 1. The Morgan fingerprint density at radius 2 is 2.00 bits per heavy atom. The van der Waals surface area contributed by atoms with Gasteiger partial charge in [-0.15, -0.1) is 0 Å². The molecule has 2 unspecified atom stereocenters. The number of aliphatic hydroxyl groups is 1. The van der Waals surface area contributed by atoms with Crippen molar-refractivity contribution in [3.05, 3.63) is 35.9 Å². The van der Waals surface area contributed by atoms with E-state index < -0.39 is 0 Å². The van der Waals surface area contributed by atoms with Crippen LogP contribution in [-0.2, 0) is 6.42 Å². The Bertz CT molecular complexity index is 405. The molecule has 19 heavy (non-hydrogen) atoms. The Hall–Kier alpha value is -0.860. The van der Waals surface area contributed by atoms with Crippen LogP contribution in [0.25, 0.3) is 0 Å². The Morgan fingerprint density at radius 1 is 1.16 bits per heavy atom. The minimum atomic E-state index is -0.332. The number of hydrogen-bond donors (Lipinski definition) is 1. The molecule has 1 saturated heterocycles. The predicted molar refractivity (Wildman–Crippen MR) is 78.1 cm³/mol. The van der Waals surface area contributed by atoms with Crippen molar-refractivity contribution in [1.82, 2.24) is 4.90 Å². The normalized spacial score (nSPS) is 31.9. The minimum Gasteiger partial charge on any atom is -0.390 e. The molecule has 1 aromatic rings. The van der Waals surface area contributed by atoms with Crippen LogP contribution < -0.4 is 0 Å². The fraction of sp³-hybridized carbons (Fsp3) is 0.647. The standard InChI is InChI=1S/C17H25NO/c19-17-10-5-4-8-16(17)14-18(13-11-17)12-9-15-6-2-1-3-7-15/h1-3,6-7,16,19H,4-5,8-14H2. The molecule has 2 nitrogen and oxygen atoms in total. The van der Waals surface area contributed by atoms with Gasteiger partial charge in [-0.2, -0.15) is 0 Å². The van der Waals surface area contributed by atoms with Gasteiger partial charge >= 0.3 is 0 Å². The third-order valence-corrected chi connectivity index (χ3v) is 5.07.